The van der Waals surface area contributed by atoms with E-state index in [1.165, 1.54) is 0 Å². The van der Waals surface area contributed by atoms with Crippen LogP contribution in [0.2, 0.25) is 0 Å². The number of ether oxygens (including phenoxy) is 1. The molecule has 1 fully saturated rings. The Balaban J connectivity index is 2.39. The molecule has 76 valence electrons. The molecule has 0 saturated carbocycles. The van der Waals surface area contributed by atoms with Gasteiger partial charge in [-0.25, -0.2) is 0 Å². The molecule has 1 heterocycles. The Kier molecular flexibility index (Phi) is 4.19. The van der Waals surface area contributed by atoms with E-state index in [-0.39, 0.29) is 10.7 Å². The van der Waals surface area contributed by atoms with Gasteiger partial charge in [0.2, 0.25) is 5.91 Å². The van der Waals surface area contributed by atoms with Gasteiger partial charge >= 0.3 is 0 Å². The Labute approximate surface area is 87.6 Å². The molecule has 0 spiro atoms. The van der Waals surface area contributed by atoms with Crippen molar-refractivity contribution in [3.63, 3.8) is 0 Å². The standard InChI is InChI=1S/C9H16BrNO2/c1-7(4-6-13-2)11-5-3-8(10)9(11)12/h7-8H,3-6H2,1-2H3. The number of carbonyl (C=O) groups is 1. The van der Waals surface area contributed by atoms with Crippen LogP contribution in [-0.2, 0) is 9.53 Å². The summed E-state index contributed by atoms with van der Waals surface area (Å²) >= 11 is 3.36. The molecule has 1 saturated heterocycles. The Morgan fingerprint density at radius 1 is 1.77 bits per heavy atom. The SMILES string of the molecule is COCCC(C)N1CCC(Br)C1=O. The van der Waals surface area contributed by atoms with Crippen LogP contribution in [0, 0.1) is 0 Å². The summed E-state index contributed by atoms with van der Waals surface area (Å²) in [6, 6.07) is 0.301. The van der Waals surface area contributed by atoms with E-state index >= 15 is 0 Å². The number of rotatable bonds is 4. The third-order valence-corrected chi connectivity index (χ3v) is 3.30. The summed E-state index contributed by atoms with van der Waals surface area (Å²) in [6.07, 6.45) is 1.85. The topological polar surface area (TPSA) is 29.5 Å². The Bertz CT molecular complexity index is 186. The highest BCUT2D eigenvalue weighted by Crippen LogP contribution is 2.21. The number of alkyl halides is 1. The van der Waals surface area contributed by atoms with Gasteiger partial charge in [-0.15, -0.1) is 0 Å². The molecule has 0 aliphatic carbocycles. The zero-order valence-electron chi connectivity index (χ0n) is 8.12. The largest absolute Gasteiger partial charge is 0.385 e. The van der Waals surface area contributed by atoms with Crippen LogP contribution in [0.5, 0.6) is 0 Å². The van der Waals surface area contributed by atoms with E-state index in [4.69, 9.17) is 4.74 Å². The first kappa shape index (κ1) is 11.0. The first-order chi connectivity index (χ1) is 6.16. The van der Waals surface area contributed by atoms with Gasteiger partial charge in [0.25, 0.3) is 0 Å². The molecule has 0 bridgehead atoms. The first-order valence-corrected chi connectivity index (χ1v) is 5.52. The van der Waals surface area contributed by atoms with Crippen molar-refractivity contribution in [1.29, 1.82) is 0 Å². The summed E-state index contributed by atoms with van der Waals surface area (Å²) in [7, 11) is 1.69. The second-order valence-electron chi connectivity index (χ2n) is 3.42. The number of hydrogen-bond acceptors (Lipinski definition) is 2. The average molecular weight is 250 g/mol. The number of methoxy groups -OCH3 is 1. The molecule has 3 nitrogen and oxygen atoms in total. The fourth-order valence-electron chi connectivity index (χ4n) is 1.55. The molecule has 13 heavy (non-hydrogen) atoms. The predicted octanol–water partition coefficient (Wildman–Crippen LogP) is 1.41. The molecular formula is C9H16BrNO2. The number of carbonyl (C=O) groups excluding carboxylic acids is 1. The zero-order chi connectivity index (χ0) is 9.84. The van der Waals surface area contributed by atoms with Gasteiger partial charge < -0.3 is 9.64 Å². The molecule has 1 aliphatic rings. The molecule has 0 radical (unpaired) electrons. The summed E-state index contributed by atoms with van der Waals surface area (Å²) in [5.41, 5.74) is 0. The predicted molar refractivity (Wildman–Crippen MR) is 55.0 cm³/mol. The van der Waals surface area contributed by atoms with E-state index in [2.05, 4.69) is 22.9 Å². The van der Waals surface area contributed by atoms with Gasteiger partial charge in [0, 0.05) is 26.3 Å². The fourth-order valence-corrected chi connectivity index (χ4v) is 2.02. The van der Waals surface area contributed by atoms with Crippen molar-refractivity contribution in [1.82, 2.24) is 4.90 Å². The molecule has 1 rings (SSSR count). The van der Waals surface area contributed by atoms with E-state index < -0.39 is 0 Å². The highest BCUT2D eigenvalue weighted by Gasteiger charge is 2.31. The van der Waals surface area contributed by atoms with E-state index in [9.17, 15) is 4.79 Å². The highest BCUT2D eigenvalue weighted by atomic mass is 79.9. The minimum absolute atomic E-state index is 0.0393. The number of hydrogen-bond donors (Lipinski definition) is 0. The summed E-state index contributed by atoms with van der Waals surface area (Å²) in [6.45, 7) is 3.67. The zero-order valence-corrected chi connectivity index (χ0v) is 9.71. The Morgan fingerprint density at radius 2 is 2.46 bits per heavy atom. The van der Waals surface area contributed by atoms with Crippen molar-refractivity contribution in [3.05, 3.63) is 0 Å². The van der Waals surface area contributed by atoms with Crippen LogP contribution in [0.3, 0.4) is 0 Å². The van der Waals surface area contributed by atoms with Gasteiger partial charge in [-0.05, 0) is 19.8 Å². The highest BCUT2D eigenvalue weighted by molar-refractivity contribution is 9.10. The van der Waals surface area contributed by atoms with Gasteiger partial charge in [-0.2, -0.15) is 0 Å². The summed E-state index contributed by atoms with van der Waals surface area (Å²) in [5.74, 6) is 0.226. The average Bonchev–Trinajstić information content (AvgIpc) is 2.44. The van der Waals surface area contributed by atoms with E-state index in [0.717, 1.165) is 26.0 Å². The van der Waals surface area contributed by atoms with Crippen LogP contribution in [0.15, 0.2) is 0 Å². The van der Waals surface area contributed by atoms with E-state index in [1.807, 2.05) is 4.90 Å². The van der Waals surface area contributed by atoms with Crippen LogP contribution in [0.4, 0.5) is 0 Å². The second-order valence-corrected chi connectivity index (χ2v) is 4.52. The maximum Gasteiger partial charge on any atom is 0.236 e. The number of amides is 1. The van der Waals surface area contributed by atoms with Crippen molar-refractivity contribution < 1.29 is 9.53 Å². The van der Waals surface area contributed by atoms with Gasteiger partial charge in [0.05, 0.1) is 4.83 Å². The number of likely N-dealkylation sites (tertiary alicyclic amines) is 1. The van der Waals surface area contributed by atoms with Crippen molar-refractivity contribution in [2.45, 2.75) is 30.6 Å². The van der Waals surface area contributed by atoms with Crippen LogP contribution in [0.1, 0.15) is 19.8 Å². The van der Waals surface area contributed by atoms with Crippen LogP contribution in [-0.4, -0.2) is 41.9 Å². The maximum atomic E-state index is 11.5. The molecule has 0 aromatic rings. The lowest BCUT2D eigenvalue weighted by atomic mass is 10.2. The fraction of sp³-hybridized carbons (Fsp3) is 0.889. The quantitative estimate of drug-likeness (QED) is 0.706. The van der Waals surface area contributed by atoms with Gasteiger partial charge in [-0.1, -0.05) is 15.9 Å². The summed E-state index contributed by atoms with van der Waals surface area (Å²) < 4.78 is 4.98. The molecule has 1 aliphatic heterocycles. The lowest BCUT2D eigenvalue weighted by Gasteiger charge is -2.23. The van der Waals surface area contributed by atoms with Crippen molar-refractivity contribution in [2.75, 3.05) is 20.3 Å². The normalized spacial score (nSPS) is 25.3. The third-order valence-electron chi connectivity index (χ3n) is 2.45. The number of nitrogens with zero attached hydrogens (tertiary/aromatic N) is 1. The minimum atomic E-state index is 0.0393. The van der Waals surface area contributed by atoms with E-state index in [0.29, 0.717) is 6.04 Å². The third kappa shape index (κ3) is 2.68. The Hall–Kier alpha value is -0.0900. The lowest BCUT2D eigenvalue weighted by Crippen LogP contribution is -2.36. The van der Waals surface area contributed by atoms with Crippen LogP contribution in [0.25, 0.3) is 0 Å². The van der Waals surface area contributed by atoms with Gasteiger partial charge in [0.1, 0.15) is 0 Å². The maximum absolute atomic E-state index is 11.5. The van der Waals surface area contributed by atoms with Crippen LogP contribution >= 0.6 is 15.9 Å². The second kappa shape index (κ2) is 4.96. The Morgan fingerprint density at radius 3 is 2.92 bits per heavy atom. The molecule has 0 aromatic heterocycles. The molecule has 2 atom stereocenters. The monoisotopic (exact) mass is 249 g/mol. The minimum Gasteiger partial charge on any atom is -0.385 e. The molecule has 1 amide bonds. The first-order valence-electron chi connectivity index (χ1n) is 4.60. The van der Waals surface area contributed by atoms with Crippen molar-refractivity contribution >= 4 is 21.8 Å². The molecule has 4 heteroatoms. The number of halogens is 1. The van der Waals surface area contributed by atoms with Crippen molar-refractivity contribution in [2.24, 2.45) is 0 Å². The van der Waals surface area contributed by atoms with Gasteiger partial charge in [0.15, 0.2) is 0 Å². The summed E-state index contributed by atoms with van der Waals surface area (Å²) in [4.78, 5) is 13.5. The van der Waals surface area contributed by atoms with Gasteiger partial charge in [-0.3, -0.25) is 4.79 Å². The smallest absolute Gasteiger partial charge is 0.236 e. The van der Waals surface area contributed by atoms with Crippen LogP contribution < -0.4 is 0 Å². The summed E-state index contributed by atoms with van der Waals surface area (Å²) in [5, 5.41) is 0. The molecular weight excluding hydrogens is 234 g/mol. The molecule has 0 N–H and O–H groups in total. The lowest BCUT2D eigenvalue weighted by molar-refractivity contribution is -0.129. The molecule has 0 aromatic carbocycles. The van der Waals surface area contributed by atoms with E-state index in [1.54, 1.807) is 7.11 Å². The van der Waals surface area contributed by atoms with Crippen molar-refractivity contribution in [3.8, 4) is 0 Å². The molecule has 2 unspecified atom stereocenters.